The van der Waals surface area contributed by atoms with E-state index in [1.807, 2.05) is 0 Å². The van der Waals surface area contributed by atoms with E-state index in [4.69, 9.17) is 39.9 Å². The molecule has 99 heavy (non-hydrogen) atoms. The van der Waals surface area contributed by atoms with Crippen LogP contribution in [0.25, 0.3) is 6.08 Å². The van der Waals surface area contributed by atoms with Crippen molar-refractivity contribution in [1.29, 1.82) is 0 Å². The molecule has 0 radical (unpaired) electrons. The van der Waals surface area contributed by atoms with Gasteiger partial charge in [0.15, 0.2) is 11.4 Å². The SMILES string of the molecule is CC(=O)O[C@@]12CO[C@@H]1C[C@H](O)[C@@]1(C)C(=O)[C@H](O)C3=C(C)[C@@H](OC(=O)[C@H](OC(=O)CCC(=O)NCCCCC(NC(=O)CC[C@H](NC(=O)C(C)NC(=O)/C=C/c4cccc(F)c4)C(N)=O)C(N)=O)[C@H](NC(=O)OC(C)(C)C)c4ccccc4)C[C@@](O)([C@@H](OC(=O)c4ccccc4)[C@H]21)C3(C)C. The second-order valence-electron chi connectivity index (χ2n) is 27.0. The molecule has 2 bridgehead atoms. The highest BCUT2D eigenvalue weighted by atomic mass is 19.1. The Hall–Kier alpha value is -9.45. The molecule has 28 nitrogen and oxygen atoms in total. The van der Waals surface area contributed by atoms with Crippen molar-refractivity contribution in [3.8, 4) is 0 Å². The third-order valence-electron chi connectivity index (χ3n) is 18.6. The van der Waals surface area contributed by atoms with Crippen LogP contribution >= 0.6 is 0 Å². The summed E-state index contributed by atoms with van der Waals surface area (Å²) in [5, 5.41) is 51.0. The van der Waals surface area contributed by atoms with Gasteiger partial charge in [-0.05, 0) is 120 Å². The topological polar surface area (TPSA) is 433 Å². The lowest BCUT2D eigenvalue weighted by molar-refractivity contribution is -0.346. The molecule has 3 fully saturated rings. The zero-order valence-electron chi connectivity index (χ0n) is 56.6. The van der Waals surface area contributed by atoms with E-state index in [0.717, 1.165) is 13.0 Å². The van der Waals surface area contributed by atoms with Gasteiger partial charge in [-0.2, -0.15) is 0 Å². The smallest absolute Gasteiger partial charge is 0.408 e. The largest absolute Gasteiger partial charge is 0.455 e. The van der Waals surface area contributed by atoms with E-state index in [1.54, 1.807) is 63.2 Å². The fourth-order valence-electron chi connectivity index (χ4n) is 13.4. The molecule has 4 aliphatic rings. The number of hydrogen-bond acceptors (Lipinski definition) is 21. The molecule has 3 aliphatic carbocycles. The first kappa shape index (κ1) is 76.9. The number of rotatable bonds is 28. The molecular formula is C70H88FN7O21. The number of hydrogen-bond donors (Lipinski definition) is 10. The van der Waals surface area contributed by atoms with Crippen molar-refractivity contribution in [3.63, 3.8) is 0 Å². The zero-order chi connectivity index (χ0) is 73.1. The van der Waals surface area contributed by atoms with E-state index in [9.17, 15) is 67.7 Å². The van der Waals surface area contributed by atoms with E-state index >= 15 is 9.59 Å². The van der Waals surface area contributed by atoms with Crippen LogP contribution in [0.1, 0.15) is 148 Å². The maximum Gasteiger partial charge on any atom is 0.408 e. The highest BCUT2D eigenvalue weighted by Gasteiger charge is 2.78. The Morgan fingerprint density at radius 2 is 1.44 bits per heavy atom. The van der Waals surface area contributed by atoms with Gasteiger partial charge in [0, 0.05) is 50.6 Å². The third-order valence-corrected chi connectivity index (χ3v) is 18.6. The lowest BCUT2D eigenvalue weighted by atomic mass is 9.44. The van der Waals surface area contributed by atoms with Crippen molar-refractivity contribution in [2.45, 2.75) is 198 Å². The second kappa shape index (κ2) is 32.0. The summed E-state index contributed by atoms with van der Waals surface area (Å²) >= 11 is 0. The van der Waals surface area contributed by atoms with Crippen molar-refractivity contribution < 1.29 is 106 Å². The van der Waals surface area contributed by atoms with Crippen molar-refractivity contribution in [2.75, 3.05) is 13.2 Å². The number of nitrogens with one attached hydrogen (secondary N) is 5. The number of unbranched alkanes of at least 4 members (excludes halogenated alkanes) is 1. The summed E-state index contributed by atoms with van der Waals surface area (Å²) in [6.07, 6.45) is -11.8. The van der Waals surface area contributed by atoms with Gasteiger partial charge in [0.25, 0.3) is 0 Å². The van der Waals surface area contributed by atoms with Crippen LogP contribution in [0.3, 0.4) is 0 Å². The highest BCUT2D eigenvalue weighted by molar-refractivity contribution is 5.97. The molecule has 3 aromatic rings. The number of fused-ring (bicyclic) bond motifs is 5. The average Bonchev–Trinajstić information content (AvgIpc) is 0.670. The van der Waals surface area contributed by atoms with Crippen molar-refractivity contribution in [1.82, 2.24) is 26.6 Å². The first-order valence-electron chi connectivity index (χ1n) is 32.5. The van der Waals surface area contributed by atoms with E-state index in [-0.39, 0.29) is 67.5 Å². The molecule has 3 aromatic carbocycles. The Kier molecular flexibility index (Phi) is 24.9. The van der Waals surface area contributed by atoms with Gasteiger partial charge in [0.2, 0.25) is 41.5 Å². The number of amides is 7. The summed E-state index contributed by atoms with van der Waals surface area (Å²) in [4.78, 5) is 162. The monoisotopic (exact) mass is 1380 g/mol. The molecule has 0 spiro atoms. The molecule has 1 aliphatic heterocycles. The molecule has 0 aromatic heterocycles. The van der Waals surface area contributed by atoms with Crippen LogP contribution in [0.15, 0.2) is 102 Å². The number of alkyl carbamates (subject to hydrolysis) is 1. The molecule has 2 unspecified atom stereocenters. The lowest BCUT2D eigenvalue weighted by Crippen LogP contribution is -2.81. The van der Waals surface area contributed by atoms with Gasteiger partial charge in [0.05, 0.1) is 36.0 Å². The van der Waals surface area contributed by atoms with E-state index in [0.29, 0.717) is 5.56 Å². The summed E-state index contributed by atoms with van der Waals surface area (Å²) < 4.78 is 49.7. The number of aliphatic hydroxyl groups excluding tert-OH is 2. The number of Topliss-reactive ketones (excluding diaryl/α,β-unsaturated/α-hetero) is 1. The zero-order valence-corrected chi connectivity index (χ0v) is 56.6. The van der Waals surface area contributed by atoms with Gasteiger partial charge in [-0.1, -0.05) is 74.5 Å². The first-order valence-corrected chi connectivity index (χ1v) is 32.5. The number of nitrogens with two attached hydrogens (primary N) is 2. The summed E-state index contributed by atoms with van der Waals surface area (Å²) in [6, 6.07) is 15.4. The van der Waals surface area contributed by atoms with Crippen LogP contribution in [-0.2, 0) is 76.4 Å². The number of halogens is 1. The minimum atomic E-state index is -2.54. The summed E-state index contributed by atoms with van der Waals surface area (Å²) in [6.45, 7) is 12.5. The van der Waals surface area contributed by atoms with Gasteiger partial charge in [-0.25, -0.2) is 18.8 Å². The normalized spacial score (nSPS) is 25.2. The number of esters is 4. The summed E-state index contributed by atoms with van der Waals surface area (Å²) in [7, 11) is 0. The van der Waals surface area contributed by atoms with Gasteiger partial charge < -0.3 is 81.8 Å². The summed E-state index contributed by atoms with van der Waals surface area (Å²) in [5.74, 6) is -12.4. The quantitative estimate of drug-likeness (QED) is 0.0164. The maximum atomic E-state index is 15.4. The lowest BCUT2D eigenvalue weighted by Gasteiger charge is -2.67. The molecular weight excluding hydrogens is 1290 g/mol. The third kappa shape index (κ3) is 18.1. The van der Waals surface area contributed by atoms with Crippen molar-refractivity contribution in [3.05, 3.63) is 125 Å². The number of benzene rings is 3. The van der Waals surface area contributed by atoms with Crippen LogP contribution in [0, 0.1) is 22.6 Å². The van der Waals surface area contributed by atoms with Crippen LogP contribution in [0.5, 0.6) is 0 Å². The van der Waals surface area contributed by atoms with Gasteiger partial charge >= 0.3 is 30.0 Å². The van der Waals surface area contributed by atoms with Gasteiger partial charge in [-0.15, -0.1) is 0 Å². The van der Waals surface area contributed by atoms with Crippen LogP contribution in [-0.4, -0.2) is 171 Å². The Bertz CT molecular complexity index is 3620. The molecule has 7 amide bonds. The van der Waals surface area contributed by atoms with Crippen LogP contribution < -0.4 is 38.1 Å². The first-order chi connectivity index (χ1) is 46.4. The van der Waals surface area contributed by atoms with E-state index < -0.39 is 197 Å². The standard InChI is InChI=1S/C70H88FN7O21/c1-37-46(35-70(93)59(97-63(90)42-22-14-11-15-23-42)57-68(9,58(86)55(85)53(37)67(70,7)8)47(80)34-48-69(57,36-94-48)98-39(3)79)95-64(91)56(54(41-20-12-10-13-21-41)78-65(92)99-66(4,5)6)96-52(84)31-30-49(81)74-32-17-16-25-44(60(72)87)76-51(83)29-27-45(61(73)88)77-62(89)38(2)75-50(82)28-26-40-19-18-24-43(71)33-40/h10-15,18-24,26,28,33,38,44-48,54-57,59,80,85,93H,16-17,25,27,29-32,34-36H2,1-9H3,(H2,72,87)(H2,73,88)(H,74,81)(H,75,82)(H,76,83)(H,77,89)(H,78,92)/b28-26+/t38?,44?,45-,46-,47-,48+,54+,55+,56+,57-,59-,68+,69-,70+/m0/s1. The average molecular weight is 1380 g/mol. The van der Waals surface area contributed by atoms with E-state index in [1.165, 1.54) is 83.2 Å². The van der Waals surface area contributed by atoms with Crippen LogP contribution in [0.2, 0.25) is 0 Å². The number of carbonyl (C=O) groups is 12. The second-order valence-corrected chi connectivity index (χ2v) is 27.0. The highest BCUT2D eigenvalue weighted by Crippen LogP contribution is 2.64. The number of ether oxygens (including phenoxy) is 6. The van der Waals surface area contributed by atoms with Gasteiger partial charge in [-0.3, -0.25) is 43.2 Å². The van der Waals surface area contributed by atoms with Gasteiger partial charge in [0.1, 0.15) is 65.6 Å². The summed E-state index contributed by atoms with van der Waals surface area (Å²) in [5.41, 5.74) is 2.03. The molecule has 7 rings (SSSR count). The minimum absolute atomic E-state index is 0.00431. The molecule has 12 N–H and O–H groups in total. The van der Waals surface area contributed by atoms with E-state index in [2.05, 4.69) is 26.6 Å². The fraction of sp³-hybridized carbons (Fsp3) is 0.514. The minimum Gasteiger partial charge on any atom is -0.455 e. The Labute approximate surface area is 571 Å². The molecule has 14 atom stereocenters. The number of carbonyl (C=O) groups excluding carboxylic acids is 12. The predicted molar refractivity (Wildman–Crippen MR) is 348 cm³/mol. The molecule has 1 heterocycles. The molecule has 1 saturated heterocycles. The maximum absolute atomic E-state index is 15.4. The Morgan fingerprint density at radius 3 is 2.05 bits per heavy atom. The fourth-order valence-corrected chi connectivity index (χ4v) is 13.4. The van der Waals surface area contributed by atoms with Crippen LogP contribution in [0.4, 0.5) is 9.18 Å². The van der Waals surface area contributed by atoms with Crippen molar-refractivity contribution >= 4 is 77.3 Å². The number of primary amides is 2. The number of ketones is 1. The number of aliphatic hydroxyl groups is 3. The predicted octanol–water partition coefficient (Wildman–Crippen LogP) is 2.95. The Morgan fingerprint density at radius 1 is 0.798 bits per heavy atom. The van der Waals surface area contributed by atoms with Crippen molar-refractivity contribution in [2.24, 2.45) is 28.2 Å². The molecule has 2 saturated carbocycles. The molecule has 536 valence electrons. The molecule has 29 heteroatoms. The Balaban J connectivity index is 1.04.